The Morgan fingerprint density at radius 1 is 1.10 bits per heavy atom. The first-order valence-electron chi connectivity index (χ1n) is 10.4. The summed E-state index contributed by atoms with van der Waals surface area (Å²) >= 11 is 5.31. The number of ether oxygens (including phenoxy) is 2. The lowest BCUT2D eigenvalue weighted by molar-refractivity contribution is 0.0858. The van der Waals surface area contributed by atoms with Gasteiger partial charge in [-0.3, -0.25) is 14.9 Å². The molecule has 3 N–H and O–H groups in total. The zero-order valence-electron chi connectivity index (χ0n) is 17.5. The second-order valence-corrected chi connectivity index (χ2v) is 7.55. The van der Waals surface area contributed by atoms with Gasteiger partial charge in [-0.25, -0.2) is 0 Å². The van der Waals surface area contributed by atoms with Gasteiger partial charge in [0.05, 0.1) is 29.5 Å². The molecule has 0 spiro atoms. The molecular formula is C23H27N3O4S. The summed E-state index contributed by atoms with van der Waals surface area (Å²) in [4.78, 5) is 25.3. The van der Waals surface area contributed by atoms with Gasteiger partial charge in [0.2, 0.25) is 0 Å². The van der Waals surface area contributed by atoms with E-state index in [2.05, 4.69) is 16.0 Å². The minimum absolute atomic E-state index is 0.0550. The number of benzene rings is 2. The van der Waals surface area contributed by atoms with Gasteiger partial charge < -0.3 is 20.1 Å². The maximum absolute atomic E-state index is 12.7. The van der Waals surface area contributed by atoms with E-state index < -0.39 is 0 Å². The van der Waals surface area contributed by atoms with Crippen LogP contribution in [0.2, 0.25) is 0 Å². The number of para-hydroxylation sites is 2. The number of carbonyl (C=O) groups excluding carboxylic acids is 2. The summed E-state index contributed by atoms with van der Waals surface area (Å²) in [7, 11) is 0. The molecule has 1 unspecified atom stereocenters. The van der Waals surface area contributed by atoms with Crippen LogP contribution in [-0.2, 0) is 4.74 Å². The van der Waals surface area contributed by atoms with Gasteiger partial charge in [-0.05, 0) is 55.7 Å². The van der Waals surface area contributed by atoms with Crippen LogP contribution in [0.25, 0.3) is 0 Å². The highest BCUT2D eigenvalue weighted by atomic mass is 32.1. The number of anilines is 1. The molecule has 1 aliphatic heterocycles. The van der Waals surface area contributed by atoms with Crippen LogP contribution in [-0.4, -0.2) is 42.8 Å². The van der Waals surface area contributed by atoms with E-state index in [1.54, 1.807) is 42.5 Å². The van der Waals surface area contributed by atoms with Crippen LogP contribution >= 0.6 is 12.2 Å². The molecule has 1 fully saturated rings. The Morgan fingerprint density at radius 3 is 2.58 bits per heavy atom. The zero-order chi connectivity index (χ0) is 22.1. The van der Waals surface area contributed by atoms with Crippen molar-refractivity contribution in [2.24, 2.45) is 0 Å². The van der Waals surface area contributed by atoms with Crippen LogP contribution in [0.1, 0.15) is 46.9 Å². The quantitative estimate of drug-likeness (QED) is 0.544. The van der Waals surface area contributed by atoms with Gasteiger partial charge in [-0.1, -0.05) is 31.2 Å². The maximum Gasteiger partial charge on any atom is 0.261 e. The van der Waals surface area contributed by atoms with Crippen LogP contribution in [0.3, 0.4) is 0 Å². The molecular weight excluding hydrogens is 414 g/mol. The van der Waals surface area contributed by atoms with Gasteiger partial charge in [0.25, 0.3) is 11.8 Å². The minimum Gasteiger partial charge on any atom is -0.493 e. The van der Waals surface area contributed by atoms with E-state index in [4.69, 9.17) is 21.7 Å². The molecule has 1 atom stereocenters. The molecule has 0 aromatic heterocycles. The molecule has 2 aromatic rings. The summed E-state index contributed by atoms with van der Waals surface area (Å²) in [5, 5.41) is 8.59. The fourth-order valence-electron chi connectivity index (χ4n) is 3.21. The number of carbonyl (C=O) groups is 2. The molecule has 1 saturated heterocycles. The second kappa shape index (κ2) is 11.4. The summed E-state index contributed by atoms with van der Waals surface area (Å²) in [5.41, 5.74) is 1.33. The van der Waals surface area contributed by atoms with Gasteiger partial charge >= 0.3 is 0 Å². The SMILES string of the molecule is CCCOc1ccccc1C(=O)NC(=S)Nc1ccccc1C(=O)NCC1CCCO1. The lowest BCUT2D eigenvalue weighted by atomic mass is 10.1. The van der Waals surface area contributed by atoms with Gasteiger partial charge in [0.15, 0.2) is 5.11 Å². The first kappa shape index (κ1) is 22.7. The average molecular weight is 442 g/mol. The smallest absolute Gasteiger partial charge is 0.261 e. The van der Waals surface area contributed by atoms with Crippen molar-refractivity contribution in [3.63, 3.8) is 0 Å². The summed E-state index contributed by atoms with van der Waals surface area (Å²) in [5.74, 6) is -0.117. The van der Waals surface area contributed by atoms with Crippen LogP contribution < -0.4 is 20.7 Å². The first-order chi connectivity index (χ1) is 15.1. The number of hydrogen-bond donors (Lipinski definition) is 3. The molecule has 3 rings (SSSR count). The fraction of sp³-hybridized carbons (Fsp3) is 0.348. The summed E-state index contributed by atoms with van der Waals surface area (Å²) in [6.45, 7) is 3.71. The Labute approximate surface area is 187 Å². The third kappa shape index (κ3) is 6.50. The van der Waals surface area contributed by atoms with Crippen molar-refractivity contribution in [2.45, 2.75) is 32.3 Å². The van der Waals surface area contributed by atoms with E-state index >= 15 is 0 Å². The van der Waals surface area contributed by atoms with E-state index in [9.17, 15) is 9.59 Å². The van der Waals surface area contributed by atoms with E-state index in [-0.39, 0.29) is 23.0 Å². The Morgan fingerprint density at radius 2 is 1.84 bits per heavy atom. The van der Waals surface area contributed by atoms with Crippen molar-refractivity contribution < 1.29 is 19.1 Å². The molecule has 0 saturated carbocycles. The Balaban J connectivity index is 1.62. The Hall–Kier alpha value is -2.97. The van der Waals surface area contributed by atoms with E-state index in [0.717, 1.165) is 25.9 Å². The Bertz CT molecular complexity index is 929. The molecule has 0 radical (unpaired) electrons. The molecule has 1 aliphatic rings. The predicted molar refractivity (Wildman–Crippen MR) is 124 cm³/mol. The van der Waals surface area contributed by atoms with Crippen LogP contribution in [0, 0.1) is 0 Å². The number of thiocarbonyl (C=S) groups is 1. The molecule has 0 bridgehead atoms. The number of rotatable bonds is 8. The maximum atomic E-state index is 12.7. The molecule has 1 heterocycles. The number of hydrogen-bond acceptors (Lipinski definition) is 5. The summed E-state index contributed by atoms with van der Waals surface area (Å²) < 4.78 is 11.2. The van der Waals surface area contributed by atoms with Crippen molar-refractivity contribution in [3.8, 4) is 5.75 Å². The van der Waals surface area contributed by atoms with Crippen LogP contribution in [0.4, 0.5) is 5.69 Å². The number of amides is 2. The Kier molecular flexibility index (Phi) is 8.37. The van der Waals surface area contributed by atoms with Crippen LogP contribution in [0.15, 0.2) is 48.5 Å². The van der Waals surface area contributed by atoms with Crippen molar-refractivity contribution in [1.29, 1.82) is 0 Å². The highest BCUT2D eigenvalue weighted by Gasteiger charge is 2.19. The summed E-state index contributed by atoms with van der Waals surface area (Å²) in [6, 6.07) is 14.0. The monoisotopic (exact) mass is 441 g/mol. The molecule has 2 aromatic carbocycles. The van der Waals surface area contributed by atoms with E-state index in [1.807, 2.05) is 13.0 Å². The zero-order valence-corrected chi connectivity index (χ0v) is 18.3. The first-order valence-corrected chi connectivity index (χ1v) is 10.8. The average Bonchev–Trinajstić information content (AvgIpc) is 3.30. The largest absolute Gasteiger partial charge is 0.493 e. The standard InChI is InChI=1S/C23H27N3O4S/c1-2-13-30-20-12-6-4-10-18(20)22(28)26-23(31)25-19-11-5-3-9-17(19)21(27)24-15-16-8-7-14-29-16/h3-6,9-12,16H,2,7-8,13-15H2,1H3,(H,24,27)(H2,25,26,28,31). The molecule has 2 amide bonds. The van der Waals surface area contributed by atoms with Crippen molar-refractivity contribution in [3.05, 3.63) is 59.7 Å². The van der Waals surface area contributed by atoms with Gasteiger partial charge in [0, 0.05) is 13.2 Å². The van der Waals surface area contributed by atoms with E-state index in [1.165, 1.54) is 0 Å². The third-order valence-corrected chi connectivity index (χ3v) is 4.96. The number of nitrogens with one attached hydrogen (secondary N) is 3. The van der Waals surface area contributed by atoms with Crippen molar-refractivity contribution >= 4 is 34.8 Å². The minimum atomic E-state index is -0.385. The van der Waals surface area contributed by atoms with E-state index in [0.29, 0.717) is 35.7 Å². The van der Waals surface area contributed by atoms with Crippen molar-refractivity contribution in [2.75, 3.05) is 25.1 Å². The van der Waals surface area contributed by atoms with Crippen LogP contribution in [0.5, 0.6) is 5.75 Å². The lowest BCUT2D eigenvalue weighted by Gasteiger charge is -2.15. The van der Waals surface area contributed by atoms with Gasteiger partial charge in [-0.15, -0.1) is 0 Å². The topological polar surface area (TPSA) is 88.7 Å². The third-order valence-electron chi connectivity index (χ3n) is 4.75. The summed E-state index contributed by atoms with van der Waals surface area (Å²) in [6.07, 6.45) is 2.85. The molecule has 164 valence electrons. The highest BCUT2D eigenvalue weighted by molar-refractivity contribution is 7.80. The fourth-order valence-corrected chi connectivity index (χ4v) is 3.42. The van der Waals surface area contributed by atoms with Gasteiger partial charge in [0.1, 0.15) is 5.75 Å². The predicted octanol–water partition coefficient (Wildman–Crippen LogP) is 3.51. The van der Waals surface area contributed by atoms with Crippen molar-refractivity contribution in [1.82, 2.24) is 10.6 Å². The van der Waals surface area contributed by atoms with Gasteiger partial charge in [-0.2, -0.15) is 0 Å². The molecule has 8 heteroatoms. The molecule has 0 aliphatic carbocycles. The molecule has 7 nitrogen and oxygen atoms in total. The highest BCUT2D eigenvalue weighted by Crippen LogP contribution is 2.19. The second-order valence-electron chi connectivity index (χ2n) is 7.14. The lowest BCUT2D eigenvalue weighted by Crippen LogP contribution is -2.36. The normalized spacial score (nSPS) is 15.2. The molecule has 31 heavy (non-hydrogen) atoms.